The Labute approximate surface area is 117 Å². The van der Waals surface area contributed by atoms with Gasteiger partial charge in [-0.05, 0) is 23.8 Å². The predicted octanol–water partition coefficient (Wildman–Crippen LogP) is 1.35. The second-order valence-electron chi connectivity index (χ2n) is 3.78. The van der Waals surface area contributed by atoms with Crippen LogP contribution < -0.4 is 4.72 Å². The van der Waals surface area contributed by atoms with E-state index in [-0.39, 0.29) is 12.2 Å². The molecule has 1 aromatic rings. The first-order chi connectivity index (χ1) is 8.94. The van der Waals surface area contributed by atoms with Crippen LogP contribution in [0, 0.1) is 0 Å². The standard InChI is InChI=1S/C12H15NO4S2/c14-12(15)11(6-8-18)13-19(16,17)9-7-10-4-2-1-3-5-10/h1-5,7,9,11,13,18H,6,8H2,(H,14,15)/b9-7+. The number of hydrogen-bond acceptors (Lipinski definition) is 4. The molecule has 104 valence electrons. The molecular weight excluding hydrogens is 286 g/mol. The molecule has 1 atom stereocenters. The van der Waals surface area contributed by atoms with Crippen LogP contribution in [0.5, 0.6) is 0 Å². The van der Waals surface area contributed by atoms with E-state index < -0.39 is 22.0 Å². The molecule has 7 heteroatoms. The van der Waals surface area contributed by atoms with Gasteiger partial charge in [0.1, 0.15) is 6.04 Å². The molecule has 1 unspecified atom stereocenters. The summed E-state index contributed by atoms with van der Waals surface area (Å²) >= 11 is 3.90. The van der Waals surface area contributed by atoms with Crippen molar-refractivity contribution < 1.29 is 18.3 Å². The third-order valence-electron chi connectivity index (χ3n) is 2.26. The quantitative estimate of drug-likeness (QED) is 0.664. The topological polar surface area (TPSA) is 83.5 Å². The van der Waals surface area contributed by atoms with Gasteiger partial charge in [-0.1, -0.05) is 30.3 Å². The summed E-state index contributed by atoms with van der Waals surface area (Å²) in [4.78, 5) is 10.9. The monoisotopic (exact) mass is 301 g/mol. The van der Waals surface area contributed by atoms with E-state index in [9.17, 15) is 13.2 Å². The molecule has 19 heavy (non-hydrogen) atoms. The van der Waals surface area contributed by atoms with Crippen molar-refractivity contribution in [2.24, 2.45) is 0 Å². The molecule has 5 nitrogen and oxygen atoms in total. The van der Waals surface area contributed by atoms with E-state index in [1.807, 2.05) is 6.07 Å². The summed E-state index contributed by atoms with van der Waals surface area (Å²) in [5, 5.41) is 9.82. The average molecular weight is 301 g/mol. The Hall–Kier alpha value is -1.31. The van der Waals surface area contributed by atoms with Gasteiger partial charge in [-0.15, -0.1) is 0 Å². The number of carbonyl (C=O) groups is 1. The minimum absolute atomic E-state index is 0.122. The summed E-state index contributed by atoms with van der Waals surface area (Å²) in [6.07, 6.45) is 1.53. The van der Waals surface area contributed by atoms with Crippen molar-refractivity contribution >= 4 is 34.7 Å². The first-order valence-corrected chi connectivity index (χ1v) is 7.71. The Balaban J connectivity index is 2.76. The summed E-state index contributed by atoms with van der Waals surface area (Å²) in [5.41, 5.74) is 0.717. The largest absolute Gasteiger partial charge is 0.480 e. The Morgan fingerprint density at radius 2 is 2.00 bits per heavy atom. The molecule has 0 bridgehead atoms. The van der Waals surface area contributed by atoms with Gasteiger partial charge in [-0.2, -0.15) is 17.4 Å². The van der Waals surface area contributed by atoms with Crippen LogP contribution in [0.15, 0.2) is 35.7 Å². The fourth-order valence-corrected chi connectivity index (χ4v) is 2.62. The lowest BCUT2D eigenvalue weighted by Gasteiger charge is -2.11. The molecule has 0 heterocycles. The van der Waals surface area contributed by atoms with Gasteiger partial charge in [0.15, 0.2) is 0 Å². The summed E-state index contributed by atoms with van der Waals surface area (Å²) < 4.78 is 25.5. The minimum atomic E-state index is -3.79. The smallest absolute Gasteiger partial charge is 0.321 e. The van der Waals surface area contributed by atoms with Gasteiger partial charge in [-0.25, -0.2) is 8.42 Å². The fraction of sp³-hybridized carbons (Fsp3) is 0.250. The van der Waals surface area contributed by atoms with Gasteiger partial charge in [0, 0.05) is 5.41 Å². The molecule has 0 spiro atoms. The van der Waals surface area contributed by atoms with Crippen LogP contribution in [0.1, 0.15) is 12.0 Å². The van der Waals surface area contributed by atoms with Crippen LogP contribution >= 0.6 is 12.6 Å². The van der Waals surface area contributed by atoms with E-state index in [4.69, 9.17) is 5.11 Å². The lowest BCUT2D eigenvalue weighted by Crippen LogP contribution is -2.40. The van der Waals surface area contributed by atoms with Crippen LogP contribution in [0.2, 0.25) is 0 Å². The Bertz CT molecular complexity index is 540. The highest BCUT2D eigenvalue weighted by Gasteiger charge is 2.21. The number of carboxylic acids is 1. The molecule has 0 radical (unpaired) electrons. The number of rotatable bonds is 7. The number of sulfonamides is 1. The number of thiol groups is 1. The number of hydrogen-bond donors (Lipinski definition) is 3. The van der Waals surface area contributed by atoms with Crippen LogP contribution in [0.25, 0.3) is 6.08 Å². The summed E-state index contributed by atoms with van der Waals surface area (Å²) in [6, 6.07) is 7.70. The molecule has 0 amide bonds. The van der Waals surface area contributed by atoms with Crippen molar-refractivity contribution in [1.82, 2.24) is 4.72 Å². The molecule has 0 saturated heterocycles. The van der Waals surface area contributed by atoms with E-state index in [0.717, 1.165) is 5.41 Å². The molecule has 0 aromatic heterocycles. The zero-order chi connectivity index (χ0) is 14.3. The number of nitrogens with one attached hydrogen (secondary N) is 1. The van der Waals surface area contributed by atoms with Crippen LogP contribution in [0.3, 0.4) is 0 Å². The molecule has 2 N–H and O–H groups in total. The maximum Gasteiger partial charge on any atom is 0.321 e. The lowest BCUT2D eigenvalue weighted by molar-refractivity contribution is -0.139. The van der Waals surface area contributed by atoms with E-state index in [1.54, 1.807) is 24.3 Å². The summed E-state index contributed by atoms with van der Waals surface area (Å²) in [6.45, 7) is 0. The van der Waals surface area contributed by atoms with Gasteiger partial charge in [0.25, 0.3) is 0 Å². The van der Waals surface area contributed by atoms with Crippen molar-refractivity contribution in [2.75, 3.05) is 5.75 Å². The van der Waals surface area contributed by atoms with Gasteiger partial charge < -0.3 is 5.11 Å². The van der Waals surface area contributed by atoms with E-state index in [0.29, 0.717) is 5.56 Å². The van der Waals surface area contributed by atoms with Crippen LogP contribution in [-0.4, -0.2) is 31.3 Å². The molecule has 1 aromatic carbocycles. The number of carboxylic acid groups (broad SMARTS) is 1. The second-order valence-corrected chi connectivity index (χ2v) is 5.82. The lowest BCUT2D eigenvalue weighted by atomic mass is 10.2. The highest BCUT2D eigenvalue weighted by atomic mass is 32.2. The predicted molar refractivity (Wildman–Crippen MR) is 77.4 cm³/mol. The van der Waals surface area contributed by atoms with Crippen molar-refractivity contribution in [3.8, 4) is 0 Å². The first-order valence-electron chi connectivity index (χ1n) is 5.54. The van der Waals surface area contributed by atoms with Crippen LogP contribution in [0.4, 0.5) is 0 Å². The highest BCUT2D eigenvalue weighted by molar-refractivity contribution is 7.92. The molecule has 0 aliphatic carbocycles. The maximum atomic E-state index is 11.7. The SMILES string of the molecule is O=C(O)C(CCS)NS(=O)(=O)/C=C/c1ccccc1. The molecule has 0 aliphatic rings. The summed E-state index contributed by atoms with van der Waals surface area (Å²) in [7, 11) is -3.79. The van der Waals surface area contributed by atoms with Crippen molar-refractivity contribution in [3.05, 3.63) is 41.3 Å². The molecular formula is C12H15NO4S2. The van der Waals surface area contributed by atoms with E-state index in [1.165, 1.54) is 6.08 Å². The molecule has 0 fully saturated rings. The second kappa shape index (κ2) is 7.32. The average Bonchev–Trinajstić information content (AvgIpc) is 2.37. The zero-order valence-electron chi connectivity index (χ0n) is 10.1. The fourth-order valence-electron chi connectivity index (χ4n) is 1.33. The Morgan fingerprint density at radius 3 is 2.53 bits per heavy atom. The molecule has 1 rings (SSSR count). The number of benzene rings is 1. The van der Waals surface area contributed by atoms with E-state index in [2.05, 4.69) is 17.4 Å². The zero-order valence-corrected chi connectivity index (χ0v) is 11.8. The number of aliphatic carboxylic acids is 1. The first kappa shape index (κ1) is 15.7. The Kier molecular flexibility index (Phi) is 6.07. The minimum Gasteiger partial charge on any atom is -0.480 e. The van der Waals surface area contributed by atoms with Crippen molar-refractivity contribution in [2.45, 2.75) is 12.5 Å². The van der Waals surface area contributed by atoms with Gasteiger partial charge in [-0.3, -0.25) is 4.79 Å². The van der Waals surface area contributed by atoms with Crippen molar-refractivity contribution in [3.63, 3.8) is 0 Å². The van der Waals surface area contributed by atoms with Crippen LogP contribution in [-0.2, 0) is 14.8 Å². The third-order valence-corrected chi connectivity index (χ3v) is 3.63. The molecule has 0 aliphatic heterocycles. The van der Waals surface area contributed by atoms with Gasteiger partial charge in [0.05, 0.1) is 0 Å². The van der Waals surface area contributed by atoms with Gasteiger partial charge >= 0.3 is 5.97 Å². The maximum absolute atomic E-state index is 11.7. The highest BCUT2D eigenvalue weighted by Crippen LogP contribution is 2.04. The normalized spacial score (nSPS) is 13.5. The molecule has 0 saturated carbocycles. The van der Waals surface area contributed by atoms with E-state index >= 15 is 0 Å². The summed E-state index contributed by atoms with van der Waals surface area (Å²) in [5.74, 6) is -0.937. The van der Waals surface area contributed by atoms with Crippen molar-refractivity contribution in [1.29, 1.82) is 0 Å². The third kappa shape index (κ3) is 5.91. The van der Waals surface area contributed by atoms with Gasteiger partial charge in [0.2, 0.25) is 10.0 Å². The Morgan fingerprint density at radius 1 is 1.37 bits per heavy atom.